The first-order valence-corrected chi connectivity index (χ1v) is 7.12. The zero-order valence-corrected chi connectivity index (χ0v) is 13.2. The highest BCUT2D eigenvalue weighted by Gasteiger charge is 2.24. The maximum absolute atomic E-state index is 11.8. The lowest BCUT2D eigenvalue weighted by Gasteiger charge is -2.15. The molecule has 23 heavy (non-hydrogen) atoms. The third-order valence-electron chi connectivity index (χ3n) is 3.79. The van der Waals surface area contributed by atoms with Gasteiger partial charge in [-0.2, -0.15) is 4.98 Å². The third kappa shape index (κ3) is 2.17. The van der Waals surface area contributed by atoms with Gasteiger partial charge in [-0.05, 0) is 37.1 Å². The molecule has 118 valence electrons. The molecule has 0 bridgehead atoms. The number of phenolic OH excluding ortho intramolecular Hbond substituents is 1. The van der Waals surface area contributed by atoms with Crippen molar-refractivity contribution in [1.29, 1.82) is 0 Å². The van der Waals surface area contributed by atoms with Crippen molar-refractivity contribution in [3.8, 4) is 11.4 Å². The van der Waals surface area contributed by atoms with Crippen molar-refractivity contribution in [2.75, 3.05) is 5.73 Å². The highest BCUT2D eigenvalue weighted by Crippen LogP contribution is 2.35. The van der Waals surface area contributed by atoms with Gasteiger partial charge in [0.1, 0.15) is 11.6 Å². The number of carbonyl (C=O) groups excluding carboxylic acids is 1. The monoisotopic (exact) mass is 331 g/mol. The van der Waals surface area contributed by atoms with Crippen LogP contribution in [-0.4, -0.2) is 25.5 Å². The van der Waals surface area contributed by atoms with Gasteiger partial charge >= 0.3 is 0 Å². The van der Waals surface area contributed by atoms with Gasteiger partial charge in [-0.3, -0.25) is 9.36 Å². The van der Waals surface area contributed by atoms with Gasteiger partial charge in [0.05, 0.1) is 16.6 Å². The van der Waals surface area contributed by atoms with Gasteiger partial charge in [0.15, 0.2) is 5.65 Å². The van der Waals surface area contributed by atoms with Gasteiger partial charge in [0, 0.05) is 11.8 Å². The number of anilines is 1. The first-order valence-electron chi connectivity index (χ1n) is 6.74. The molecule has 0 fully saturated rings. The molecule has 0 spiro atoms. The molecule has 0 saturated heterocycles. The quantitative estimate of drug-likeness (QED) is 0.621. The average Bonchev–Trinajstić information content (AvgIpc) is 2.76. The zero-order chi connectivity index (χ0) is 16.9. The van der Waals surface area contributed by atoms with Crippen LogP contribution in [0.4, 0.5) is 5.82 Å². The zero-order valence-electron chi connectivity index (χ0n) is 12.5. The highest BCUT2D eigenvalue weighted by atomic mass is 35.5. The van der Waals surface area contributed by atoms with Crippen LogP contribution in [0.2, 0.25) is 5.28 Å². The van der Waals surface area contributed by atoms with Crippen LogP contribution < -0.4 is 11.5 Å². The van der Waals surface area contributed by atoms with E-state index in [-0.39, 0.29) is 22.4 Å². The van der Waals surface area contributed by atoms with Crippen LogP contribution in [0.5, 0.6) is 5.75 Å². The molecule has 0 aliphatic carbocycles. The molecule has 0 saturated carbocycles. The molecule has 3 rings (SSSR count). The number of benzene rings is 1. The van der Waals surface area contributed by atoms with E-state index in [9.17, 15) is 9.90 Å². The maximum Gasteiger partial charge on any atom is 0.253 e. The number of halogens is 1. The minimum absolute atomic E-state index is 0.0164. The summed E-state index contributed by atoms with van der Waals surface area (Å²) >= 11 is 5.89. The van der Waals surface area contributed by atoms with E-state index in [1.807, 2.05) is 6.92 Å². The summed E-state index contributed by atoms with van der Waals surface area (Å²) in [5.74, 6) is -0.457. The van der Waals surface area contributed by atoms with Crippen molar-refractivity contribution in [1.82, 2.24) is 14.5 Å². The number of carbonyl (C=O) groups is 1. The summed E-state index contributed by atoms with van der Waals surface area (Å²) in [4.78, 5) is 19.9. The Morgan fingerprint density at radius 2 is 2.04 bits per heavy atom. The predicted molar refractivity (Wildman–Crippen MR) is 87.9 cm³/mol. The lowest BCUT2D eigenvalue weighted by Crippen LogP contribution is -2.14. The summed E-state index contributed by atoms with van der Waals surface area (Å²) in [5, 5.41) is 10.4. The van der Waals surface area contributed by atoms with E-state index >= 15 is 0 Å². The van der Waals surface area contributed by atoms with E-state index in [0.29, 0.717) is 22.3 Å². The fourth-order valence-corrected chi connectivity index (χ4v) is 2.85. The van der Waals surface area contributed by atoms with Crippen LogP contribution in [0.25, 0.3) is 16.7 Å². The number of aromatic hydroxyl groups is 1. The number of nitrogen functional groups attached to an aromatic ring is 1. The summed E-state index contributed by atoms with van der Waals surface area (Å²) < 4.78 is 1.56. The van der Waals surface area contributed by atoms with E-state index in [4.69, 9.17) is 23.1 Å². The molecule has 0 aliphatic heterocycles. The molecule has 0 unspecified atom stereocenters. The Balaban J connectivity index is 2.53. The first-order chi connectivity index (χ1) is 10.8. The van der Waals surface area contributed by atoms with Gasteiger partial charge in [0.25, 0.3) is 5.91 Å². The molecule has 0 aliphatic rings. The number of primary amides is 1. The van der Waals surface area contributed by atoms with E-state index in [1.54, 1.807) is 23.6 Å². The van der Waals surface area contributed by atoms with Gasteiger partial charge in [0.2, 0.25) is 5.28 Å². The minimum atomic E-state index is -0.687. The van der Waals surface area contributed by atoms with Gasteiger partial charge in [-0.25, -0.2) is 4.98 Å². The van der Waals surface area contributed by atoms with E-state index in [2.05, 4.69) is 9.97 Å². The molecular formula is C15H14ClN5O2. The second-order valence-corrected chi connectivity index (χ2v) is 5.55. The SMILES string of the molecule is Cc1ccc(O)c(C)c1-n1c(N)c(C(N)=O)c2cnc(Cl)nc21. The van der Waals surface area contributed by atoms with Crippen LogP contribution in [0, 0.1) is 13.8 Å². The molecule has 1 aromatic carbocycles. The molecular weight excluding hydrogens is 318 g/mol. The largest absolute Gasteiger partial charge is 0.508 e. The summed E-state index contributed by atoms with van der Waals surface area (Å²) in [6, 6.07) is 3.34. The predicted octanol–water partition coefficient (Wildman–Crippen LogP) is 2.08. The van der Waals surface area contributed by atoms with E-state index in [1.165, 1.54) is 6.20 Å². The van der Waals surface area contributed by atoms with E-state index in [0.717, 1.165) is 5.56 Å². The summed E-state index contributed by atoms with van der Waals surface area (Å²) in [6.07, 6.45) is 1.41. The number of fused-ring (bicyclic) bond motifs is 1. The van der Waals surface area contributed by atoms with Crippen molar-refractivity contribution in [3.63, 3.8) is 0 Å². The number of rotatable bonds is 2. The number of nitrogens with zero attached hydrogens (tertiary/aromatic N) is 3. The van der Waals surface area contributed by atoms with Crippen molar-refractivity contribution >= 4 is 34.4 Å². The molecule has 7 nitrogen and oxygen atoms in total. The second kappa shape index (κ2) is 5.13. The lowest BCUT2D eigenvalue weighted by molar-refractivity contribution is 0.100. The van der Waals surface area contributed by atoms with Gasteiger partial charge in [-0.15, -0.1) is 0 Å². The number of aryl methyl sites for hydroxylation is 1. The Labute approximate surface area is 136 Å². The Hall–Kier alpha value is -2.80. The normalized spacial score (nSPS) is 11.1. The average molecular weight is 332 g/mol. The number of nitrogens with two attached hydrogens (primary N) is 2. The number of phenols is 1. The molecule has 0 atom stereocenters. The molecule has 0 radical (unpaired) electrons. The minimum Gasteiger partial charge on any atom is -0.508 e. The van der Waals surface area contributed by atoms with Crippen molar-refractivity contribution in [2.24, 2.45) is 5.73 Å². The second-order valence-electron chi connectivity index (χ2n) is 5.21. The van der Waals surface area contributed by atoms with Crippen molar-refractivity contribution in [3.05, 3.63) is 40.3 Å². The van der Waals surface area contributed by atoms with Crippen LogP contribution in [-0.2, 0) is 0 Å². The van der Waals surface area contributed by atoms with Crippen molar-refractivity contribution in [2.45, 2.75) is 13.8 Å². The lowest BCUT2D eigenvalue weighted by atomic mass is 10.1. The van der Waals surface area contributed by atoms with Crippen LogP contribution >= 0.6 is 11.6 Å². The summed E-state index contributed by atoms with van der Waals surface area (Å²) in [7, 11) is 0. The summed E-state index contributed by atoms with van der Waals surface area (Å²) in [5.41, 5.74) is 14.1. The summed E-state index contributed by atoms with van der Waals surface area (Å²) in [6.45, 7) is 3.61. The third-order valence-corrected chi connectivity index (χ3v) is 3.97. The van der Waals surface area contributed by atoms with Gasteiger partial charge < -0.3 is 16.6 Å². The molecule has 3 aromatic rings. The van der Waals surface area contributed by atoms with Crippen LogP contribution in [0.3, 0.4) is 0 Å². The molecule has 2 heterocycles. The Bertz CT molecular complexity index is 964. The standard InChI is InChI=1S/C15H14ClN5O2/c1-6-3-4-9(22)7(2)11(6)21-12(17)10(13(18)23)8-5-19-15(16)20-14(8)21/h3-5,22H,17H2,1-2H3,(H2,18,23). The molecule has 2 aromatic heterocycles. The fraction of sp³-hybridized carbons (Fsp3) is 0.133. The molecule has 8 heteroatoms. The van der Waals surface area contributed by atoms with Crippen LogP contribution in [0.15, 0.2) is 18.3 Å². The van der Waals surface area contributed by atoms with Crippen molar-refractivity contribution < 1.29 is 9.90 Å². The smallest absolute Gasteiger partial charge is 0.253 e. The van der Waals surface area contributed by atoms with Crippen LogP contribution in [0.1, 0.15) is 21.5 Å². The highest BCUT2D eigenvalue weighted by molar-refractivity contribution is 6.28. The Morgan fingerprint density at radius 1 is 1.35 bits per heavy atom. The number of hydrogen-bond donors (Lipinski definition) is 3. The Morgan fingerprint density at radius 3 is 2.70 bits per heavy atom. The number of amides is 1. The molecule has 5 N–H and O–H groups in total. The Kier molecular flexibility index (Phi) is 3.37. The number of aromatic nitrogens is 3. The van der Waals surface area contributed by atoms with Gasteiger partial charge in [-0.1, -0.05) is 6.07 Å². The number of hydrogen-bond acceptors (Lipinski definition) is 5. The maximum atomic E-state index is 11.8. The fourth-order valence-electron chi connectivity index (χ4n) is 2.72. The molecule has 1 amide bonds. The van der Waals surface area contributed by atoms with E-state index < -0.39 is 5.91 Å². The topological polar surface area (TPSA) is 120 Å². The first kappa shape index (κ1) is 15.1.